The summed E-state index contributed by atoms with van der Waals surface area (Å²) in [7, 11) is 1.56. The molecule has 0 saturated heterocycles. The molecular formula is C20H23Cl2NO2. The van der Waals surface area contributed by atoms with Gasteiger partial charge in [-0.1, -0.05) is 23.2 Å². The molecule has 0 unspecified atom stereocenters. The van der Waals surface area contributed by atoms with Crippen molar-refractivity contribution in [2.24, 2.45) is 23.7 Å². The highest BCUT2D eigenvalue weighted by atomic mass is 35.5. The van der Waals surface area contributed by atoms with Crippen molar-refractivity contribution >= 4 is 35.2 Å². The first-order valence-corrected chi connectivity index (χ1v) is 9.80. The van der Waals surface area contributed by atoms with Gasteiger partial charge >= 0.3 is 0 Å². The van der Waals surface area contributed by atoms with E-state index >= 15 is 0 Å². The second-order valence-corrected chi connectivity index (χ2v) is 8.65. The van der Waals surface area contributed by atoms with Crippen molar-refractivity contribution in [2.45, 2.75) is 38.1 Å². The van der Waals surface area contributed by atoms with Crippen LogP contribution in [-0.2, 0) is 4.79 Å². The Bertz CT molecular complexity index is 688. The van der Waals surface area contributed by atoms with Crippen molar-refractivity contribution in [1.29, 1.82) is 0 Å². The van der Waals surface area contributed by atoms with Crippen LogP contribution in [0.15, 0.2) is 18.2 Å². The lowest BCUT2D eigenvalue weighted by Crippen LogP contribution is -2.55. The molecule has 4 aliphatic carbocycles. The third-order valence-corrected chi connectivity index (χ3v) is 6.69. The van der Waals surface area contributed by atoms with Gasteiger partial charge < -0.3 is 10.1 Å². The van der Waals surface area contributed by atoms with E-state index in [2.05, 4.69) is 5.32 Å². The number of carbonyl (C=O) groups excluding carboxylic acids is 1. The van der Waals surface area contributed by atoms with Crippen LogP contribution in [0, 0.1) is 23.7 Å². The van der Waals surface area contributed by atoms with Crippen molar-refractivity contribution in [3.8, 4) is 5.75 Å². The molecule has 1 amide bonds. The van der Waals surface area contributed by atoms with Gasteiger partial charge in [-0.3, -0.25) is 4.79 Å². The van der Waals surface area contributed by atoms with Gasteiger partial charge in [0.15, 0.2) is 0 Å². The average molecular weight is 380 g/mol. The summed E-state index contributed by atoms with van der Waals surface area (Å²) >= 11 is 12.2. The van der Waals surface area contributed by atoms with E-state index in [0.29, 0.717) is 39.2 Å². The SMILES string of the molecule is COc1c(Cl)cc(Cl)cc1/C=C/C(=O)NC1C2CC3CC(C2)CC1C3. The monoisotopic (exact) mass is 379 g/mol. The van der Waals surface area contributed by atoms with Crippen molar-refractivity contribution in [2.75, 3.05) is 7.11 Å². The van der Waals surface area contributed by atoms with Crippen LogP contribution in [-0.4, -0.2) is 19.1 Å². The zero-order valence-electron chi connectivity index (χ0n) is 14.3. The van der Waals surface area contributed by atoms with Crippen molar-refractivity contribution in [1.82, 2.24) is 5.32 Å². The van der Waals surface area contributed by atoms with Gasteiger partial charge in [0, 0.05) is 22.7 Å². The molecule has 4 aliphatic rings. The fourth-order valence-electron chi connectivity index (χ4n) is 5.46. The molecule has 4 saturated carbocycles. The number of hydrogen-bond donors (Lipinski definition) is 1. The summed E-state index contributed by atoms with van der Waals surface area (Å²) in [5.74, 6) is 3.64. The molecule has 0 spiro atoms. The smallest absolute Gasteiger partial charge is 0.244 e. The van der Waals surface area contributed by atoms with Gasteiger partial charge in [0.05, 0.1) is 12.1 Å². The molecule has 4 bridgehead atoms. The second kappa shape index (κ2) is 6.85. The van der Waals surface area contributed by atoms with Crippen LogP contribution in [0.25, 0.3) is 6.08 Å². The fraction of sp³-hybridized carbons (Fsp3) is 0.550. The molecular weight excluding hydrogens is 357 g/mol. The van der Waals surface area contributed by atoms with E-state index < -0.39 is 0 Å². The minimum atomic E-state index is -0.0457. The van der Waals surface area contributed by atoms with Gasteiger partial charge in [-0.05, 0) is 74.0 Å². The van der Waals surface area contributed by atoms with Crippen molar-refractivity contribution in [3.05, 3.63) is 33.8 Å². The van der Waals surface area contributed by atoms with E-state index in [-0.39, 0.29) is 5.91 Å². The summed E-state index contributed by atoms with van der Waals surface area (Å²) in [4.78, 5) is 12.5. The van der Waals surface area contributed by atoms with E-state index in [0.717, 1.165) is 11.8 Å². The Morgan fingerprint density at radius 2 is 1.76 bits per heavy atom. The molecule has 0 aliphatic heterocycles. The Labute approximate surface area is 158 Å². The van der Waals surface area contributed by atoms with Crippen LogP contribution in [0.5, 0.6) is 5.75 Å². The van der Waals surface area contributed by atoms with Gasteiger partial charge in [0.1, 0.15) is 5.75 Å². The minimum absolute atomic E-state index is 0.0457. The first kappa shape index (κ1) is 17.2. The van der Waals surface area contributed by atoms with E-state index in [1.54, 1.807) is 31.4 Å². The topological polar surface area (TPSA) is 38.3 Å². The summed E-state index contributed by atoms with van der Waals surface area (Å²) in [6.07, 6.45) is 9.87. The lowest BCUT2D eigenvalue weighted by molar-refractivity contribution is -0.120. The quantitative estimate of drug-likeness (QED) is 0.750. The largest absolute Gasteiger partial charge is 0.495 e. The molecule has 1 N–H and O–H groups in total. The molecule has 1 aromatic rings. The maximum Gasteiger partial charge on any atom is 0.244 e. The average Bonchev–Trinajstić information content (AvgIpc) is 2.55. The van der Waals surface area contributed by atoms with Crippen LogP contribution in [0.1, 0.15) is 37.7 Å². The highest BCUT2D eigenvalue weighted by Gasteiger charge is 2.48. The minimum Gasteiger partial charge on any atom is -0.495 e. The Morgan fingerprint density at radius 1 is 1.12 bits per heavy atom. The number of methoxy groups -OCH3 is 1. The molecule has 3 nitrogen and oxygen atoms in total. The molecule has 0 heterocycles. The van der Waals surface area contributed by atoms with E-state index in [4.69, 9.17) is 27.9 Å². The number of benzene rings is 1. The number of rotatable bonds is 4. The van der Waals surface area contributed by atoms with E-state index in [9.17, 15) is 4.79 Å². The van der Waals surface area contributed by atoms with Gasteiger partial charge in [0.25, 0.3) is 0 Å². The summed E-state index contributed by atoms with van der Waals surface area (Å²) in [5, 5.41) is 4.23. The van der Waals surface area contributed by atoms with Crippen LogP contribution in [0.3, 0.4) is 0 Å². The Kier molecular flexibility index (Phi) is 4.72. The van der Waals surface area contributed by atoms with Crippen LogP contribution in [0.4, 0.5) is 0 Å². The molecule has 0 radical (unpaired) electrons. The Morgan fingerprint density at radius 3 is 2.36 bits per heavy atom. The van der Waals surface area contributed by atoms with Gasteiger partial charge in [-0.15, -0.1) is 0 Å². The first-order chi connectivity index (χ1) is 12.0. The Balaban J connectivity index is 1.45. The summed E-state index contributed by atoms with van der Waals surface area (Å²) in [5.41, 5.74) is 0.709. The number of halogens is 2. The normalized spacial score (nSPS) is 33.0. The van der Waals surface area contributed by atoms with Crippen LogP contribution in [0.2, 0.25) is 10.0 Å². The molecule has 1 aromatic carbocycles. The third kappa shape index (κ3) is 3.41. The lowest BCUT2D eigenvalue weighted by atomic mass is 9.54. The van der Waals surface area contributed by atoms with Crippen molar-refractivity contribution in [3.63, 3.8) is 0 Å². The van der Waals surface area contributed by atoms with E-state index in [1.165, 1.54) is 32.1 Å². The third-order valence-electron chi connectivity index (χ3n) is 6.19. The maximum atomic E-state index is 12.5. The summed E-state index contributed by atoms with van der Waals surface area (Å²) < 4.78 is 5.32. The molecule has 5 rings (SSSR count). The fourth-order valence-corrected chi connectivity index (χ4v) is 6.04. The zero-order valence-corrected chi connectivity index (χ0v) is 15.8. The highest BCUT2D eigenvalue weighted by Crippen LogP contribution is 2.53. The van der Waals surface area contributed by atoms with Gasteiger partial charge in [-0.2, -0.15) is 0 Å². The number of hydrogen-bond acceptors (Lipinski definition) is 2. The summed E-state index contributed by atoms with van der Waals surface area (Å²) in [6.45, 7) is 0. The predicted octanol–water partition coefficient (Wildman–Crippen LogP) is 4.96. The molecule has 5 heteroatoms. The van der Waals surface area contributed by atoms with Crippen molar-refractivity contribution < 1.29 is 9.53 Å². The van der Waals surface area contributed by atoms with Gasteiger partial charge in [-0.25, -0.2) is 0 Å². The van der Waals surface area contributed by atoms with Crippen LogP contribution < -0.4 is 10.1 Å². The zero-order chi connectivity index (χ0) is 17.6. The predicted molar refractivity (Wildman–Crippen MR) is 101 cm³/mol. The van der Waals surface area contributed by atoms with Gasteiger partial charge in [0.2, 0.25) is 5.91 Å². The molecule has 134 valence electrons. The number of carbonyl (C=O) groups is 1. The standard InChI is InChI=1S/C20H23Cl2NO2/c1-25-20-13(9-16(21)10-17(20)22)2-3-18(24)23-19-14-5-11-4-12(7-14)8-15(19)6-11/h2-3,9-12,14-15,19H,4-8H2,1H3,(H,23,24)/b3-2+. The molecule has 0 atom stereocenters. The second-order valence-electron chi connectivity index (χ2n) is 7.81. The lowest BCUT2D eigenvalue weighted by Gasteiger charge is -2.54. The molecule has 4 fully saturated rings. The maximum absolute atomic E-state index is 12.5. The highest BCUT2D eigenvalue weighted by molar-refractivity contribution is 6.36. The van der Waals surface area contributed by atoms with Crippen LogP contribution >= 0.6 is 23.2 Å². The number of amides is 1. The number of nitrogens with one attached hydrogen (secondary N) is 1. The molecule has 25 heavy (non-hydrogen) atoms. The Hall–Kier alpha value is -1.19. The molecule has 0 aromatic heterocycles. The first-order valence-electron chi connectivity index (χ1n) is 9.05. The number of ether oxygens (including phenoxy) is 1. The summed E-state index contributed by atoms with van der Waals surface area (Å²) in [6, 6.07) is 3.72. The van der Waals surface area contributed by atoms with E-state index in [1.807, 2.05) is 0 Å².